The van der Waals surface area contributed by atoms with E-state index in [1.165, 1.54) is 11.8 Å². The molecular weight excluding hydrogens is 1430 g/mol. The summed E-state index contributed by atoms with van der Waals surface area (Å²) in [5.41, 5.74) is 6.10. The van der Waals surface area contributed by atoms with E-state index in [-0.39, 0.29) is 78.2 Å². The average molecular weight is 1520 g/mol. The van der Waals surface area contributed by atoms with E-state index in [4.69, 9.17) is 71.1 Å². The number of ether oxygens (including phenoxy) is 15. The molecule has 3 fully saturated rings. The van der Waals surface area contributed by atoms with Crippen LogP contribution in [0.5, 0.6) is 0 Å². The number of thioether (sulfide) groups is 1. The largest absolute Gasteiger partial charge is 0.456 e. The second-order valence-corrected chi connectivity index (χ2v) is 28.3. The van der Waals surface area contributed by atoms with Crippen molar-refractivity contribution in [2.45, 2.75) is 162 Å². The van der Waals surface area contributed by atoms with Crippen LogP contribution in [0, 0.1) is 0 Å². The molecule has 0 unspecified atom stereocenters. The molecule has 0 radical (unpaired) electrons. The second-order valence-electron chi connectivity index (χ2n) is 27.1. The van der Waals surface area contributed by atoms with E-state index in [1.807, 2.05) is 273 Å². The van der Waals surface area contributed by atoms with Gasteiger partial charge in [0.1, 0.15) is 60.4 Å². The monoisotopic (exact) mass is 1520 g/mol. The number of carbonyl (C=O) groups excluding carboxylic acids is 3. The van der Waals surface area contributed by atoms with Gasteiger partial charge in [0.05, 0.1) is 91.1 Å². The number of hydrogen-bond acceptors (Lipinski definition) is 20. The molecule has 0 aliphatic carbocycles. The topological polar surface area (TPSA) is 210 Å². The summed E-state index contributed by atoms with van der Waals surface area (Å²) in [4.78, 5) is 45.0. The van der Waals surface area contributed by atoms with Crippen LogP contribution in [-0.4, -0.2) is 134 Å². The van der Waals surface area contributed by atoms with E-state index >= 15 is 4.79 Å². The standard InChI is InChI=1S/C91H92O19S/c92-77(107-82-79(94)74(61-96-53-64-31-11-1-12-32-64)104-89(103-60-71-45-25-8-26-46-71)86(82)109-88(95)72-47-27-9-28-48-72)51-52-78(93)108-87-84(101-58-69-41-21-6-22-42-69)81(76(63-98-55-66-35-15-3-16-36-66)106-91(87)111-73-49-29-10-30-50-73)110-90-85(102-59-70-43-23-7-24-44-70)83(100-57-68-39-19-5-20-40-68)80(99-56-67-37-17-4-18-38-67)75(105-90)62-97-54-65-33-13-2-14-34-65/h1-50,74-76,79-87,89-91,94H,51-63H2/t74-,75-,76-,79-,80-,81-,82+,83+,84+,85-,86-,87-,89+,90+,91+/m1/s1. The van der Waals surface area contributed by atoms with Crippen molar-refractivity contribution >= 4 is 29.7 Å². The maximum Gasteiger partial charge on any atom is 0.338 e. The SMILES string of the molecule is O=C(CCC(=O)O[C@H]1[C@H](O)[C@@H](COCc2ccccc2)O[C@H](OCc2ccccc2)[C@@H]1OC(=O)c1ccccc1)O[C@@H]1[C@@H](OCc2ccccc2)[C@H](O[C@@H]2O[C@H](COCc3ccccc3)[C@@H](OCc3ccccc3)[C@H](OCc3ccccc3)[C@H]2OCc2ccccc2)[C@@H](COCc2ccccc2)O[C@H]1Sc1ccccc1. The summed E-state index contributed by atoms with van der Waals surface area (Å²) in [5, 5.41) is 12.4. The molecule has 15 atom stereocenters. The van der Waals surface area contributed by atoms with Crippen molar-refractivity contribution in [2.24, 2.45) is 0 Å². The zero-order valence-electron chi connectivity index (χ0n) is 61.4. The van der Waals surface area contributed by atoms with E-state index in [1.54, 1.807) is 30.3 Å². The molecule has 3 saturated heterocycles. The van der Waals surface area contributed by atoms with Crippen molar-refractivity contribution in [1.82, 2.24) is 0 Å². The fourth-order valence-electron chi connectivity index (χ4n) is 13.3. The fourth-order valence-corrected chi connectivity index (χ4v) is 14.4. The third-order valence-electron chi connectivity index (χ3n) is 19.0. The molecule has 3 aliphatic rings. The molecule has 10 aromatic carbocycles. The van der Waals surface area contributed by atoms with Gasteiger partial charge < -0.3 is 76.2 Å². The van der Waals surface area contributed by atoms with Crippen LogP contribution < -0.4 is 0 Å². The van der Waals surface area contributed by atoms with Gasteiger partial charge in [-0.2, -0.15) is 0 Å². The summed E-state index contributed by atoms with van der Waals surface area (Å²) in [7, 11) is 0. The number of aliphatic hydroxyl groups is 1. The lowest BCUT2D eigenvalue weighted by Crippen LogP contribution is -2.66. The van der Waals surface area contributed by atoms with Crippen LogP contribution in [-0.2, 0) is 133 Å². The summed E-state index contributed by atoms with van der Waals surface area (Å²) in [6.07, 6.45) is -18.3. The Balaban J connectivity index is 0.843. The molecule has 1 N–H and O–H groups in total. The van der Waals surface area contributed by atoms with E-state index in [0.29, 0.717) is 0 Å². The van der Waals surface area contributed by atoms with Crippen LogP contribution in [0.4, 0.5) is 0 Å². The lowest BCUT2D eigenvalue weighted by Gasteiger charge is -2.50. The lowest BCUT2D eigenvalue weighted by atomic mass is 9.96. The van der Waals surface area contributed by atoms with Crippen molar-refractivity contribution in [3.8, 4) is 0 Å². The van der Waals surface area contributed by atoms with Gasteiger partial charge in [-0.25, -0.2) is 4.79 Å². The van der Waals surface area contributed by atoms with Gasteiger partial charge in [-0.15, -0.1) is 0 Å². The van der Waals surface area contributed by atoms with Crippen LogP contribution in [0.1, 0.15) is 67.7 Å². The summed E-state index contributed by atoms with van der Waals surface area (Å²) in [5.74, 6) is -2.59. The summed E-state index contributed by atoms with van der Waals surface area (Å²) >= 11 is 1.31. The average Bonchev–Trinajstić information content (AvgIpc) is 0.770. The molecule has 111 heavy (non-hydrogen) atoms. The third-order valence-corrected chi connectivity index (χ3v) is 20.1. The molecule has 3 aliphatic heterocycles. The van der Waals surface area contributed by atoms with Crippen molar-refractivity contribution in [1.29, 1.82) is 0 Å². The van der Waals surface area contributed by atoms with Gasteiger partial charge >= 0.3 is 17.9 Å². The smallest absolute Gasteiger partial charge is 0.338 e. The highest BCUT2D eigenvalue weighted by Gasteiger charge is 2.56. The van der Waals surface area contributed by atoms with Gasteiger partial charge in [-0.05, 0) is 68.8 Å². The molecule has 20 heteroatoms. The van der Waals surface area contributed by atoms with Crippen LogP contribution in [0.2, 0.25) is 0 Å². The third kappa shape index (κ3) is 23.7. The molecule has 0 spiro atoms. The molecule has 0 bridgehead atoms. The zero-order chi connectivity index (χ0) is 76.0. The van der Waals surface area contributed by atoms with Gasteiger partial charge in [-0.3, -0.25) is 9.59 Å². The Labute approximate surface area is 651 Å². The molecule has 0 saturated carbocycles. The van der Waals surface area contributed by atoms with Crippen LogP contribution in [0.3, 0.4) is 0 Å². The van der Waals surface area contributed by atoms with Gasteiger partial charge in [0.25, 0.3) is 0 Å². The highest BCUT2D eigenvalue weighted by atomic mass is 32.2. The molecule has 3 heterocycles. The molecule has 0 amide bonds. The Morgan fingerprint density at radius 3 is 1.05 bits per heavy atom. The minimum absolute atomic E-state index is 0.00251. The van der Waals surface area contributed by atoms with Gasteiger partial charge in [0, 0.05) is 4.90 Å². The lowest BCUT2D eigenvalue weighted by molar-refractivity contribution is -0.358. The number of esters is 3. The van der Waals surface area contributed by atoms with Crippen LogP contribution in [0.25, 0.3) is 0 Å². The predicted molar refractivity (Wildman–Crippen MR) is 413 cm³/mol. The van der Waals surface area contributed by atoms with Gasteiger partial charge in [-0.1, -0.05) is 291 Å². The van der Waals surface area contributed by atoms with Crippen LogP contribution >= 0.6 is 11.8 Å². The summed E-state index contributed by atoms with van der Waals surface area (Å²) in [6, 6.07) is 95.2. The van der Waals surface area contributed by atoms with E-state index in [2.05, 4.69) is 0 Å². The number of carbonyl (C=O) groups is 3. The summed E-state index contributed by atoms with van der Waals surface area (Å²) in [6.45, 7) is 0.769. The van der Waals surface area contributed by atoms with E-state index in [0.717, 1.165) is 49.4 Å². The van der Waals surface area contributed by atoms with Crippen molar-refractivity contribution in [3.05, 3.63) is 353 Å². The number of hydrogen-bond donors (Lipinski definition) is 1. The molecule has 13 rings (SSSR count). The first-order chi connectivity index (χ1) is 54.7. The van der Waals surface area contributed by atoms with Gasteiger partial charge in [0.2, 0.25) is 0 Å². The van der Waals surface area contributed by atoms with Crippen molar-refractivity contribution in [2.75, 3.05) is 19.8 Å². The first-order valence-electron chi connectivity index (χ1n) is 37.5. The molecular formula is C91H92O19S. The number of rotatable bonds is 38. The highest BCUT2D eigenvalue weighted by molar-refractivity contribution is 7.99. The maximum absolute atomic E-state index is 15.3. The number of benzene rings is 10. The summed E-state index contributed by atoms with van der Waals surface area (Å²) < 4.78 is 103. The minimum atomic E-state index is -1.65. The molecule has 10 aromatic rings. The normalized spacial score (nSPS) is 23.7. The van der Waals surface area contributed by atoms with E-state index in [9.17, 15) is 14.7 Å². The van der Waals surface area contributed by atoms with Gasteiger partial charge in [0.15, 0.2) is 30.9 Å². The Kier molecular flexibility index (Phi) is 30.2. The first-order valence-corrected chi connectivity index (χ1v) is 38.4. The molecule has 0 aromatic heterocycles. The maximum atomic E-state index is 15.3. The molecule has 576 valence electrons. The molecule has 19 nitrogen and oxygen atoms in total. The Morgan fingerprint density at radius 2 is 0.622 bits per heavy atom. The second kappa shape index (κ2) is 42.2. The zero-order valence-corrected chi connectivity index (χ0v) is 62.2. The van der Waals surface area contributed by atoms with Crippen molar-refractivity contribution < 1.29 is 90.5 Å². The quantitative estimate of drug-likeness (QED) is 0.0282. The Bertz CT molecular complexity index is 4330. The Hall–Kier alpha value is -9.56. The van der Waals surface area contributed by atoms with Crippen LogP contribution in [0.15, 0.2) is 308 Å². The van der Waals surface area contributed by atoms with E-state index < -0.39 is 122 Å². The Morgan fingerprint density at radius 1 is 0.297 bits per heavy atom. The predicted octanol–water partition coefficient (Wildman–Crippen LogP) is 14.7. The number of aliphatic hydroxyl groups excluding tert-OH is 1. The minimum Gasteiger partial charge on any atom is -0.456 e. The highest BCUT2D eigenvalue weighted by Crippen LogP contribution is 2.41. The van der Waals surface area contributed by atoms with Crippen molar-refractivity contribution in [3.63, 3.8) is 0 Å². The fraction of sp³-hybridized carbons (Fsp3) is 0.308. The first kappa shape index (κ1) is 79.5.